The lowest BCUT2D eigenvalue weighted by molar-refractivity contribution is -0.148. The molecule has 1 heterocycles. The number of carbonyl (C=O) groups is 4. The number of amides is 4. The van der Waals surface area contributed by atoms with E-state index in [9.17, 15) is 24.3 Å². The van der Waals surface area contributed by atoms with Crippen LogP contribution in [0.25, 0.3) is 0 Å². The molecule has 2 rings (SSSR count). The molecule has 1 aromatic rings. The Kier molecular flexibility index (Phi) is 20.0. The molecule has 308 valence electrons. The molecule has 3 N–H and O–H groups in total. The van der Waals surface area contributed by atoms with Crippen LogP contribution >= 0.6 is 12.6 Å². The molecule has 10 atom stereocenters. The van der Waals surface area contributed by atoms with E-state index in [1.165, 1.54) is 0 Å². The predicted octanol–water partition coefficient (Wildman–Crippen LogP) is 4.17. The number of likely N-dealkylation sites (tertiary alicyclic amines) is 1. The lowest BCUT2D eigenvalue weighted by atomic mass is 9.89. The summed E-state index contributed by atoms with van der Waals surface area (Å²) in [5.41, 5.74) is 0.710. The monoisotopic (exact) mass is 778 g/mol. The number of benzene rings is 1. The first-order valence-corrected chi connectivity index (χ1v) is 20.4. The molecule has 1 aliphatic rings. The third-order valence-electron chi connectivity index (χ3n) is 11.3. The van der Waals surface area contributed by atoms with Crippen molar-refractivity contribution in [1.29, 1.82) is 0 Å². The molecular weight excluding hydrogens is 707 g/mol. The molecule has 0 bridgehead atoms. The molecule has 0 spiro atoms. The number of nitrogens with zero attached hydrogens (tertiary/aromatic N) is 3. The van der Waals surface area contributed by atoms with Crippen LogP contribution in [0, 0.1) is 23.7 Å². The summed E-state index contributed by atoms with van der Waals surface area (Å²) in [6, 6.07) is 6.65. The summed E-state index contributed by atoms with van der Waals surface area (Å²) < 4.78 is 12.0. The summed E-state index contributed by atoms with van der Waals surface area (Å²) in [6.45, 7) is 16.6. The predicted molar refractivity (Wildman–Crippen MR) is 217 cm³/mol. The van der Waals surface area contributed by atoms with Crippen LogP contribution in [0.4, 0.5) is 0 Å². The Bertz CT molecular complexity index is 1320. The number of carbonyl (C=O) groups excluding carboxylic acids is 4. The molecule has 12 nitrogen and oxygen atoms in total. The number of hydrogen-bond acceptors (Lipinski definition) is 9. The highest BCUT2D eigenvalue weighted by molar-refractivity contribution is 7.80. The van der Waals surface area contributed by atoms with Crippen LogP contribution < -0.4 is 10.6 Å². The number of nitrogens with one attached hydrogen (secondary N) is 2. The standard InChI is InChI=1S/C41H71N5O7S/c1-13-27(6)36(45(10)41(51)34(25(2)3)43-40(50)35(26(4)5)44(9)22-23-54)32(52-11)24-33(47)46-21-17-20-31(46)38(53-12)28(7)39(49)42-29(8)37(48)30-18-15-14-16-19-30/h14-16,18-19,25-29,31-32,34-38,48,54H,13,17,20-24H2,1-12H3,(H,42,49)(H,43,50)/t27-,28+,29+,31-,32+,34?,35-,36-,37+,38+/m0/s1. The van der Waals surface area contributed by atoms with Crippen LogP contribution in [-0.4, -0.2) is 133 Å². The van der Waals surface area contributed by atoms with Gasteiger partial charge in [-0.3, -0.25) is 24.1 Å². The number of ether oxygens (including phenoxy) is 2. The van der Waals surface area contributed by atoms with Crippen LogP contribution in [0.3, 0.4) is 0 Å². The fourth-order valence-electron chi connectivity index (χ4n) is 7.96. The van der Waals surface area contributed by atoms with Crippen molar-refractivity contribution in [2.45, 2.75) is 130 Å². The molecule has 0 aromatic heterocycles. The number of likely N-dealkylation sites (N-methyl/N-ethyl adjacent to an activating group) is 2. The van der Waals surface area contributed by atoms with Crippen molar-refractivity contribution in [3.8, 4) is 0 Å². The van der Waals surface area contributed by atoms with Gasteiger partial charge in [0.25, 0.3) is 0 Å². The van der Waals surface area contributed by atoms with E-state index in [4.69, 9.17) is 9.47 Å². The van der Waals surface area contributed by atoms with Crippen LogP contribution in [0.5, 0.6) is 0 Å². The molecule has 1 aromatic carbocycles. The minimum absolute atomic E-state index is 0.0212. The van der Waals surface area contributed by atoms with Crippen LogP contribution in [0.1, 0.15) is 92.7 Å². The van der Waals surface area contributed by atoms with Crippen molar-refractivity contribution in [3.63, 3.8) is 0 Å². The fraction of sp³-hybridized carbons (Fsp3) is 0.756. The van der Waals surface area contributed by atoms with E-state index in [1.54, 1.807) is 44.9 Å². The third-order valence-corrected chi connectivity index (χ3v) is 11.5. The van der Waals surface area contributed by atoms with Gasteiger partial charge in [0.15, 0.2) is 0 Å². The van der Waals surface area contributed by atoms with Gasteiger partial charge in [-0.1, -0.05) is 85.2 Å². The van der Waals surface area contributed by atoms with Crippen molar-refractivity contribution in [2.24, 2.45) is 23.7 Å². The van der Waals surface area contributed by atoms with E-state index in [0.29, 0.717) is 30.8 Å². The van der Waals surface area contributed by atoms with Gasteiger partial charge in [0.2, 0.25) is 23.6 Å². The second-order valence-electron chi connectivity index (χ2n) is 15.9. The van der Waals surface area contributed by atoms with Crippen molar-refractivity contribution >= 4 is 36.3 Å². The fourth-order valence-corrected chi connectivity index (χ4v) is 8.28. The van der Waals surface area contributed by atoms with Gasteiger partial charge in [-0.15, -0.1) is 0 Å². The minimum atomic E-state index is -0.879. The molecule has 1 fully saturated rings. The summed E-state index contributed by atoms with van der Waals surface area (Å²) in [6.07, 6.45) is 0.111. The Hall–Kier alpha value is -2.71. The molecule has 13 heteroatoms. The molecule has 0 radical (unpaired) electrons. The molecular formula is C41H71N5O7S. The van der Waals surface area contributed by atoms with Gasteiger partial charge in [0.1, 0.15) is 6.04 Å². The Morgan fingerprint density at radius 1 is 0.944 bits per heavy atom. The van der Waals surface area contributed by atoms with Crippen molar-refractivity contribution in [3.05, 3.63) is 35.9 Å². The second-order valence-corrected chi connectivity index (χ2v) is 16.3. The molecule has 0 aliphatic carbocycles. The van der Waals surface area contributed by atoms with E-state index in [0.717, 1.165) is 12.8 Å². The van der Waals surface area contributed by atoms with Crippen LogP contribution in [0.15, 0.2) is 30.3 Å². The average molecular weight is 778 g/mol. The Morgan fingerprint density at radius 2 is 1.57 bits per heavy atom. The number of hydrogen-bond donors (Lipinski definition) is 4. The first-order valence-electron chi connectivity index (χ1n) is 19.7. The summed E-state index contributed by atoms with van der Waals surface area (Å²) >= 11 is 4.35. The van der Waals surface area contributed by atoms with Gasteiger partial charge in [-0.05, 0) is 50.1 Å². The normalized spacial score (nSPS) is 19.8. The lowest BCUT2D eigenvalue weighted by Gasteiger charge is -2.41. The van der Waals surface area contributed by atoms with Crippen molar-refractivity contribution in [2.75, 3.05) is 47.2 Å². The summed E-state index contributed by atoms with van der Waals surface area (Å²) in [5.74, 6) is -1.04. The zero-order chi connectivity index (χ0) is 40.9. The topological polar surface area (TPSA) is 141 Å². The maximum atomic E-state index is 14.3. The molecule has 54 heavy (non-hydrogen) atoms. The highest BCUT2D eigenvalue weighted by atomic mass is 32.1. The van der Waals surface area contributed by atoms with Crippen LogP contribution in [0.2, 0.25) is 0 Å². The second kappa shape index (κ2) is 22.7. The van der Waals surface area contributed by atoms with E-state index >= 15 is 0 Å². The van der Waals surface area contributed by atoms with Gasteiger partial charge >= 0.3 is 0 Å². The number of aliphatic hydroxyl groups is 1. The molecule has 1 aliphatic heterocycles. The molecule has 0 saturated carbocycles. The Balaban J connectivity index is 2.26. The summed E-state index contributed by atoms with van der Waals surface area (Å²) in [7, 11) is 6.75. The van der Waals surface area contributed by atoms with E-state index in [-0.39, 0.29) is 53.8 Å². The zero-order valence-electron chi connectivity index (χ0n) is 35.0. The number of thiol groups is 1. The van der Waals surface area contributed by atoms with Crippen LogP contribution in [-0.2, 0) is 28.7 Å². The average Bonchev–Trinajstić information content (AvgIpc) is 3.62. The quantitative estimate of drug-likeness (QED) is 0.129. The van der Waals surface area contributed by atoms with Gasteiger partial charge in [0, 0.05) is 40.1 Å². The van der Waals surface area contributed by atoms with Crippen molar-refractivity contribution in [1.82, 2.24) is 25.3 Å². The minimum Gasteiger partial charge on any atom is -0.386 e. The molecule has 4 amide bonds. The van der Waals surface area contributed by atoms with Crippen molar-refractivity contribution < 1.29 is 33.8 Å². The first-order chi connectivity index (χ1) is 25.5. The number of aliphatic hydroxyl groups excluding tert-OH is 1. The van der Waals surface area contributed by atoms with E-state index < -0.39 is 48.4 Å². The maximum Gasteiger partial charge on any atom is 0.245 e. The number of rotatable bonds is 22. The van der Waals surface area contributed by atoms with Gasteiger partial charge in [-0.2, -0.15) is 12.6 Å². The van der Waals surface area contributed by atoms with E-state index in [1.807, 2.05) is 83.8 Å². The molecule has 1 saturated heterocycles. The SMILES string of the molecule is CC[C@H](C)[C@@H]([C@@H](CC(=O)N1CCC[C@H]1[C@H](OC)[C@@H](C)C(=O)N[C@H](C)[C@@H](O)c1ccccc1)OC)N(C)C(=O)C(NC(=O)[C@H](C(C)C)N(C)CCS)C(C)C. The van der Waals surface area contributed by atoms with Gasteiger partial charge in [0.05, 0.1) is 54.8 Å². The van der Waals surface area contributed by atoms with Gasteiger partial charge in [-0.25, -0.2) is 0 Å². The zero-order valence-corrected chi connectivity index (χ0v) is 35.8. The van der Waals surface area contributed by atoms with E-state index in [2.05, 4.69) is 23.3 Å². The first kappa shape index (κ1) is 47.4. The highest BCUT2D eigenvalue weighted by Gasteiger charge is 2.43. The smallest absolute Gasteiger partial charge is 0.245 e. The van der Waals surface area contributed by atoms with Gasteiger partial charge < -0.3 is 35.0 Å². The Morgan fingerprint density at radius 3 is 2.09 bits per heavy atom. The lowest BCUT2D eigenvalue weighted by Crippen LogP contribution is -2.60. The third kappa shape index (κ3) is 12.4. The summed E-state index contributed by atoms with van der Waals surface area (Å²) in [4.78, 5) is 61.1. The number of methoxy groups -OCH3 is 2. The maximum absolute atomic E-state index is 14.3. The largest absolute Gasteiger partial charge is 0.386 e. The summed E-state index contributed by atoms with van der Waals surface area (Å²) in [5, 5.41) is 16.9. The Labute approximate surface area is 330 Å². The highest BCUT2D eigenvalue weighted by Crippen LogP contribution is 2.30. The molecule has 1 unspecified atom stereocenters.